The molecule has 2 atom stereocenters. The number of ether oxygens (including phenoxy) is 2. The van der Waals surface area contributed by atoms with E-state index in [4.69, 9.17) is 4.74 Å². The lowest BCUT2D eigenvalue weighted by Gasteiger charge is -2.43. The van der Waals surface area contributed by atoms with Gasteiger partial charge >= 0.3 is 12.1 Å². The van der Waals surface area contributed by atoms with Gasteiger partial charge in [-0.1, -0.05) is 43.3 Å². The molecule has 0 heterocycles. The lowest BCUT2D eigenvalue weighted by atomic mass is 9.93. The van der Waals surface area contributed by atoms with Gasteiger partial charge in [-0.05, 0) is 76.8 Å². The third-order valence-corrected chi connectivity index (χ3v) is 6.17. The number of rotatable bonds is 10. The van der Waals surface area contributed by atoms with Crippen LogP contribution in [0.25, 0.3) is 0 Å². The molecule has 224 valence electrons. The summed E-state index contributed by atoms with van der Waals surface area (Å²) in [7, 11) is 1.22. The zero-order valence-electron chi connectivity index (χ0n) is 25.2. The van der Waals surface area contributed by atoms with Crippen molar-refractivity contribution in [3.63, 3.8) is 0 Å². The highest BCUT2D eigenvalue weighted by molar-refractivity contribution is 5.93. The van der Waals surface area contributed by atoms with Crippen LogP contribution in [0.3, 0.4) is 0 Å². The van der Waals surface area contributed by atoms with Gasteiger partial charge in [-0.2, -0.15) is 0 Å². The number of carbonyl (C=O) groups is 4. The number of benzene rings is 2. The number of carbonyl (C=O) groups excluding carboxylic acids is 4. The SMILES string of the molecule is CCc1ccc(C(C(=O)NCC(=O)OC)N(C(=O)C(Cc2ccc(O)cc2)NC(=O)OC(C)(C)C)C(C)(C)C)cc1. The molecular formula is C31H43N3O7. The smallest absolute Gasteiger partial charge is 0.408 e. The van der Waals surface area contributed by atoms with Gasteiger partial charge in [-0.3, -0.25) is 14.4 Å². The van der Waals surface area contributed by atoms with Gasteiger partial charge in [-0.25, -0.2) is 4.79 Å². The summed E-state index contributed by atoms with van der Waals surface area (Å²) in [4.78, 5) is 54.2. The number of phenols is 1. The number of hydrogen-bond donors (Lipinski definition) is 3. The normalized spacial score (nSPS) is 13.0. The number of aromatic hydroxyl groups is 1. The van der Waals surface area contributed by atoms with E-state index in [1.807, 2.05) is 19.1 Å². The van der Waals surface area contributed by atoms with Crippen LogP contribution >= 0.6 is 0 Å². The van der Waals surface area contributed by atoms with Gasteiger partial charge in [0.1, 0.15) is 30.0 Å². The fourth-order valence-electron chi connectivity index (χ4n) is 4.21. The molecular weight excluding hydrogens is 526 g/mol. The molecule has 10 nitrogen and oxygen atoms in total. The molecule has 0 radical (unpaired) electrons. The molecule has 0 fully saturated rings. The highest BCUT2D eigenvalue weighted by atomic mass is 16.6. The van der Waals surface area contributed by atoms with E-state index in [9.17, 15) is 24.3 Å². The second kappa shape index (κ2) is 14.0. The van der Waals surface area contributed by atoms with Gasteiger partial charge < -0.3 is 30.1 Å². The molecule has 0 saturated carbocycles. The van der Waals surface area contributed by atoms with Crippen molar-refractivity contribution in [1.82, 2.24) is 15.5 Å². The van der Waals surface area contributed by atoms with Crippen LogP contribution in [0, 0.1) is 0 Å². The maximum absolute atomic E-state index is 14.4. The Kier molecular flexibility index (Phi) is 11.3. The number of phenolic OH excluding ortho intramolecular Hbond substituents is 1. The van der Waals surface area contributed by atoms with Crippen LogP contribution in [0.15, 0.2) is 48.5 Å². The van der Waals surface area contributed by atoms with Crippen molar-refractivity contribution in [3.8, 4) is 5.75 Å². The fourth-order valence-corrected chi connectivity index (χ4v) is 4.21. The topological polar surface area (TPSA) is 134 Å². The lowest BCUT2D eigenvalue weighted by molar-refractivity contribution is -0.149. The highest BCUT2D eigenvalue weighted by Gasteiger charge is 2.42. The predicted octanol–water partition coefficient (Wildman–Crippen LogP) is 4.05. The van der Waals surface area contributed by atoms with Crippen LogP contribution in [0.1, 0.15) is 71.2 Å². The molecule has 0 saturated heterocycles. The van der Waals surface area contributed by atoms with E-state index in [0.29, 0.717) is 11.1 Å². The van der Waals surface area contributed by atoms with E-state index in [1.165, 1.54) is 24.1 Å². The van der Waals surface area contributed by atoms with Crippen molar-refractivity contribution in [2.24, 2.45) is 0 Å². The second-order valence-corrected chi connectivity index (χ2v) is 11.7. The number of amides is 3. The van der Waals surface area contributed by atoms with Crippen molar-refractivity contribution < 1.29 is 33.8 Å². The zero-order valence-corrected chi connectivity index (χ0v) is 25.2. The summed E-state index contributed by atoms with van der Waals surface area (Å²) in [6.45, 7) is 12.1. The molecule has 0 aliphatic heterocycles. The molecule has 2 unspecified atom stereocenters. The number of esters is 1. The maximum atomic E-state index is 14.4. The number of hydrogen-bond acceptors (Lipinski definition) is 7. The summed E-state index contributed by atoms with van der Waals surface area (Å²) in [5.74, 6) is -1.69. The number of nitrogens with zero attached hydrogens (tertiary/aromatic N) is 1. The number of alkyl carbamates (subject to hydrolysis) is 1. The molecule has 2 aromatic carbocycles. The van der Waals surface area contributed by atoms with Crippen LogP contribution in [-0.4, -0.2) is 64.7 Å². The minimum atomic E-state index is -1.14. The van der Waals surface area contributed by atoms with Crippen molar-refractivity contribution in [2.45, 2.75) is 84.5 Å². The molecule has 0 bridgehead atoms. The Morgan fingerprint density at radius 2 is 1.46 bits per heavy atom. The Hall–Kier alpha value is -4.08. The summed E-state index contributed by atoms with van der Waals surface area (Å²) < 4.78 is 10.1. The van der Waals surface area contributed by atoms with Crippen LogP contribution in [-0.2, 0) is 36.7 Å². The van der Waals surface area contributed by atoms with Crippen molar-refractivity contribution >= 4 is 23.9 Å². The summed E-state index contributed by atoms with van der Waals surface area (Å²) >= 11 is 0. The first kappa shape index (κ1) is 33.1. The summed E-state index contributed by atoms with van der Waals surface area (Å²) in [6, 6.07) is 11.3. The van der Waals surface area contributed by atoms with E-state index in [-0.39, 0.29) is 18.7 Å². The third kappa shape index (κ3) is 10.1. The lowest BCUT2D eigenvalue weighted by Crippen LogP contribution is -2.59. The van der Waals surface area contributed by atoms with Crippen molar-refractivity contribution in [3.05, 3.63) is 65.2 Å². The van der Waals surface area contributed by atoms with Gasteiger partial charge in [0.05, 0.1) is 7.11 Å². The molecule has 0 aliphatic carbocycles. The van der Waals surface area contributed by atoms with Crippen LogP contribution in [0.5, 0.6) is 5.75 Å². The first-order chi connectivity index (χ1) is 19.1. The Bertz CT molecular complexity index is 1200. The minimum Gasteiger partial charge on any atom is -0.508 e. The van der Waals surface area contributed by atoms with E-state index >= 15 is 0 Å². The van der Waals surface area contributed by atoms with Gasteiger partial charge in [0.25, 0.3) is 0 Å². The van der Waals surface area contributed by atoms with E-state index in [1.54, 1.807) is 65.8 Å². The first-order valence-electron chi connectivity index (χ1n) is 13.6. The van der Waals surface area contributed by atoms with Gasteiger partial charge in [-0.15, -0.1) is 0 Å². The van der Waals surface area contributed by atoms with Gasteiger partial charge in [0, 0.05) is 12.0 Å². The second-order valence-electron chi connectivity index (χ2n) is 11.7. The standard InChI is InChI=1S/C31H43N3O7/c1-9-20-10-14-22(15-11-20)26(27(37)32-19-25(36)40-8)34(30(2,3)4)28(38)24(33-29(39)41-31(5,6)7)18-21-12-16-23(35)17-13-21/h10-17,24,26,35H,9,18-19H2,1-8H3,(H,32,37)(H,33,39). The first-order valence-corrected chi connectivity index (χ1v) is 13.6. The van der Waals surface area contributed by atoms with Crippen molar-refractivity contribution in [1.29, 1.82) is 0 Å². The van der Waals surface area contributed by atoms with E-state index < -0.39 is 47.1 Å². The monoisotopic (exact) mass is 569 g/mol. The molecule has 2 rings (SSSR count). The van der Waals surface area contributed by atoms with Crippen LogP contribution in [0.2, 0.25) is 0 Å². The van der Waals surface area contributed by atoms with Crippen LogP contribution in [0.4, 0.5) is 4.79 Å². The summed E-state index contributed by atoms with van der Waals surface area (Å²) in [5, 5.41) is 15.0. The van der Waals surface area contributed by atoms with Crippen molar-refractivity contribution in [2.75, 3.05) is 13.7 Å². The van der Waals surface area contributed by atoms with Crippen LogP contribution < -0.4 is 10.6 Å². The number of aryl methyl sites for hydroxylation is 1. The fraction of sp³-hybridized carbons (Fsp3) is 0.484. The number of nitrogens with one attached hydrogen (secondary N) is 2. The molecule has 2 aromatic rings. The van der Waals surface area contributed by atoms with E-state index in [0.717, 1.165) is 12.0 Å². The molecule has 3 N–H and O–H groups in total. The highest BCUT2D eigenvalue weighted by Crippen LogP contribution is 2.31. The Morgan fingerprint density at radius 3 is 1.95 bits per heavy atom. The van der Waals surface area contributed by atoms with Gasteiger partial charge in [0.2, 0.25) is 11.8 Å². The Balaban J connectivity index is 2.61. The molecule has 41 heavy (non-hydrogen) atoms. The molecule has 0 spiro atoms. The molecule has 3 amide bonds. The maximum Gasteiger partial charge on any atom is 0.408 e. The summed E-state index contributed by atoms with van der Waals surface area (Å²) in [6.07, 6.45) is 0.0639. The zero-order chi connectivity index (χ0) is 31.0. The molecule has 10 heteroatoms. The minimum absolute atomic E-state index is 0.0610. The largest absolute Gasteiger partial charge is 0.508 e. The molecule has 0 aliphatic rings. The average molecular weight is 570 g/mol. The van der Waals surface area contributed by atoms with E-state index in [2.05, 4.69) is 15.4 Å². The predicted molar refractivity (Wildman–Crippen MR) is 155 cm³/mol. The quantitative estimate of drug-likeness (QED) is 0.368. The summed E-state index contributed by atoms with van der Waals surface area (Å²) in [5.41, 5.74) is 0.542. The number of methoxy groups -OCH3 is 1. The Labute approximate surface area is 242 Å². The third-order valence-electron chi connectivity index (χ3n) is 6.17. The van der Waals surface area contributed by atoms with Gasteiger partial charge in [0.15, 0.2) is 0 Å². The average Bonchev–Trinajstić information content (AvgIpc) is 2.88. The molecule has 0 aromatic heterocycles. The Morgan fingerprint density at radius 1 is 0.902 bits per heavy atom.